The maximum atomic E-state index is 12.3. The third-order valence-corrected chi connectivity index (χ3v) is 4.18. The van der Waals surface area contributed by atoms with Crippen LogP contribution in [-0.2, 0) is 0 Å². The van der Waals surface area contributed by atoms with Crippen LogP contribution in [0, 0.1) is 10.1 Å². The van der Waals surface area contributed by atoms with Crippen LogP contribution >= 0.6 is 27.5 Å². The highest BCUT2D eigenvalue weighted by Crippen LogP contribution is 2.25. The molecule has 0 aliphatic heterocycles. The van der Waals surface area contributed by atoms with E-state index < -0.39 is 10.8 Å². The van der Waals surface area contributed by atoms with E-state index in [9.17, 15) is 14.9 Å². The highest BCUT2D eigenvalue weighted by molar-refractivity contribution is 9.10. The van der Waals surface area contributed by atoms with E-state index in [1.54, 1.807) is 36.4 Å². The summed E-state index contributed by atoms with van der Waals surface area (Å²) in [6.07, 6.45) is 0. The van der Waals surface area contributed by atoms with Gasteiger partial charge in [-0.2, -0.15) is 5.10 Å². The van der Waals surface area contributed by atoms with E-state index >= 15 is 0 Å². The summed E-state index contributed by atoms with van der Waals surface area (Å²) in [5.41, 5.74) is 1.40. The fraction of sp³-hybridized carbons (Fsp3) is 0. The van der Waals surface area contributed by atoms with Crippen molar-refractivity contribution in [1.82, 2.24) is 10.2 Å². The van der Waals surface area contributed by atoms with E-state index in [0.29, 0.717) is 21.8 Å². The third-order valence-electron chi connectivity index (χ3n) is 3.36. The molecule has 1 aromatic heterocycles. The first-order chi connectivity index (χ1) is 11.9. The van der Waals surface area contributed by atoms with Crippen LogP contribution in [0.5, 0.6) is 0 Å². The van der Waals surface area contributed by atoms with Crippen LogP contribution in [0.3, 0.4) is 0 Å². The standard InChI is InChI=1S/C16H10BrClN4O3/c17-10-4-5-13(18)12(7-10)16(23)19-15-8-14(20-21-15)9-2-1-3-11(6-9)22(24)25/h1-8H,(H2,19,20,21,23). The van der Waals surface area contributed by atoms with Crippen molar-refractivity contribution >= 4 is 44.9 Å². The number of non-ortho nitro benzene ring substituents is 1. The molecular weight excluding hydrogens is 412 g/mol. The number of aromatic nitrogens is 2. The molecule has 0 fully saturated rings. The molecule has 1 amide bonds. The Bertz CT molecular complexity index is 974. The number of nitro benzene ring substituents is 1. The molecule has 2 N–H and O–H groups in total. The maximum absolute atomic E-state index is 12.3. The maximum Gasteiger partial charge on any atom is 0.270 e. The van der Waals surface area contributed by atoms with Gasteiger partial charge in [0, 0.05) is 28.2 Å². The SMILES string of the molecule is O=C(Nc1cc(-c2cccc([N+](=O)[O-])c2)[nH]n1)c1cc(Br)ccc1Cl. The Morgan fingerprint density at radius 3 is 2.80 bits per heavy atom. The second-order valence-corrected chi connectivity index (χ2v) is 6.38. The van der Waals surface area contributed by atoms with E-state index in [-0.39, 0.29) is 11.5 Å². The number of nitro groups is 1. The highest BCUT2D eigenvalue weighted by atomic mass is 79.9. The van der Waals surface area contributed by atoms with E-state index in [4.69, 9.17) is 11.6 Å². The van der Waals surface area contributed by atoms with E-state index in [1.165, 1.54) is 12.1 Å². The second-order valence-electron chi connectivity index (χ2n) is 5.05. The van der Waals surface area contributed by atoms with Gasteiger partial charge < -0.3 is 5.32 Å². The van der Waals surface area contributed by atoms with E-state index in [0.717, 1.165) is 4.47 Å². The number of aromatic amines is 1. The zero-order chi connectivity index (χ0) is 18.0. The van der Waals surface area contributed by atoms with Crippen molar-refractivity contribution in [2.75, 3.05) is 5.32 Å². The predicted octanol–water partition coefficient (Wildman–Crippen LogP) is 4.65. The molecule has 0 bridgehead atoms. The van der Waals surface area contributed by atoms with Gasteiger partial charge in [-0.25, -0.2) is 0 Å². The Balaban J connectivity index is 1.82. The Morgan fingerprint density at radius 2 is 2.04 bits per heavy atom. The first-order valence-electron chi connectivity index (χ1n) is 7.00. The molecule has 0 radical (unpaired) electrons. The van der Waals surface area contributed by atoms with E-state index in [1.807, 2.05) is 0 Å². The summed E-state index contributed by atoms with van der Waals surface area (Å²) < 4.78 is 0.723. The van der Waals surface area contributed by atoms with Gasteiger partial charge in [-0.1, -0.05) is 39.7 Å². The molecule has 3 aromatic rings. The summed E-state index contributed by atoms with van der Waals surface area (Å²) in [6.45, 7) is 0. The van der Waals surface area contributed by atoms with Gasteiger partial charge in [-0.05, 0) is 18.2 Å². The average molecular weight is 422 g/mol. The summed E-state index contributed by atoms with van der Waals surface area (Å²) >= 11 is 9.32. The number of carbonyl (C=O) groups excluding carboxylic acids is 1. The molecule has 0 saturated heterocycles. The van der Waals surface area contributed by atoms with Crippen LogP contribution in [0.15, 0.2) is 53.0 Å². The van der Waals surface area contributed by atoms with Gasteiger partial charge in [0.1, 0.15) is 0 Å². The fourth-order valence-corrected chi connectivity index (χ4v) is 2.74. The lowest BCUT2D eigenvalue weighted by molar-refractivity contribution is -0.384. The van der Waals surface area contributed by atoms with Crippen molar-refractivity contribution in [2.45, 2.75) is 0 Å². The molecule has 1 heterocycles. The van der Waals surface area contributed by atoms with Gasteiger partial charge in [0.25, 0.3) is 11.6 Å². The van der Waals surface area contributed by atoms with E-state index in [2.05, 4.69) is 31.4 Å². The number of rotatable bonds is 4. The molecule has 3 rings (SSSR count). The van der Waals surface area contributed by atoms with Crippen LogP contribution in [0.1, 0.15) is 10.4 Å². The van der Waals surface area contributed by atoms with Crippen molar-refractivity contribution in [2.24, 2.45) is 0 Å². The van der Waals surface area contributed by atoms with Crippen molar-refractivity contribution in [3.63, 3.8) is 0 Å². The quantitative estimate of drug-likeness (QED) is 0.473. The Hall–Kier alpha value is -2.71. The monoisotopic (exact) mass is 420 g/mol. The van der Waals surface area contributed by atoms with Crippen molar-refractivity contribution in [3.8, 4) is 11.3 Å². The van der Waals surface area contributed by atoms with Gasteiger partial charge >= 0.3 is 0 Å². The number of anilines is 1. The number of H-pyrrole nitrogens is 1. The van der Waals surface area contributed by atoms with Gasteiger partial charge in [0.15, 0.2) is 5.82 Å². The first kappa shape index (κ1) is 17.1. The Kier molecular flexibility index (Phi) is 4.82. The summed E-state index contributed by atoms with van der Waals surface area (Å²) in [4.78, 5) is 22.7. The zero-order valence-electron chi connectivity index (χ0n) is 12.5. The lowest BCUT2D eigenvalue weighted by Crippen LogP contribution is -2.12. The molecule has 7 nitrogen and oxygen atoms in total. The summed E-state index contributed by atoms with van der Waals surface area (Å²) in [7, 11) is 0. The molecule has 2 aromatic carbocycles. The molecule has 9 heteroatoms. The second kappa shape index (κ2) is 7.04. The van der Waals surface area contributed by atoms with Crippen LogP contribution in [-0.4, -0.2) is 21.0 Å². The fourth-order valence-electron chi connectivity index (χ4n) is 2.18. The lowest BCUT2D eigenvalue weighted by Gasteiger charge is -2.04. The van der Waals surface area contributed by atoms with Crippen LogP contribution in [0.2, 0.25) is 5.02 Å². The number of nitrogens with zero attached hydrogens (tertiary/aromatic N) is 2. The molecular formula is C16H10BrClN4O3. The number of halogens is 2. The third kappa shape index (κ3) is 3.86. The highest BCUT2D eigenvalue weighted by Gasteiger charge is 2.14. The minimum atomic E-state index is -0.474. The summed E-state index contributed by atoms with van der Waals surface area (Å²) in [5.74, 6) is -0.133. The normalized spacial score (nSPS) is 10.5. The Labute approximate surface area is 155 Å². The largest absolute Gasteiger partial charge is 0.305 e. The molecule has 0 aliphatic rings. The minimum Gasteiger partial charge on any atom is -0.305 e. The molecule has 126 valence electrons. The number of hydrogen-bond donors (Lipinski definition) is 2. The van der Waals surface area contributed by atoms with Gasteiger partial charge in [0.05, 0.1) is 21.2 Å². The molecule has 0 unspecified atom stereocenters. The summed E-state index contributed by atoms with van der Waals surface area (Å²) in [6, 6.07) is 12.6. The lowest BCUT2D eigenvalue weighted by atomic mass is 10.1. The number of benzene rings is 2. The summed E-state index contributed by atoms with van der Waals surface area (Å²) in [5, 5.41) is 20.6. The van der Waals surface area contributed by atoms with Crippen LogP contribution in [0.25, 0.3) is 11.3 Å². The number of nitrogens with one attached hydrogen (secondary N) is 2. The number of hydrogen-bond acceptors (Lipinski definition) is 4. The van der Waals surface area contributed by atoms with Crippen LogP contribution in [0.4, 0.5) is 11.5 Å². The smallest absolute Gasteiger partial charge is 0.270 e. The molecule has 25 heavy (non-hydrogen) atoms. The first-order valence-corrected chi connectivity index (χ1v) is 8.18. The molecule has 0 spiro atoms. The van der Waals surface area contributed by atoms with Crippen molar-refractivity contribution in [3.05, 3.63) is 73.7 Å². The molecule has 0 atom stereocenters. The molecule has 0 saturated carbocycles. The average Bonchev–Trinajstić information content (AvgIpc) is 3.05. The van der Waals surface area contributed by atoms with Crippen molar-refractivity contribution < 1.29 is 9.72 Å². The zero-order valence-corrected chi connectivity index (χ0v) is 14.8. The number of carbonyl (C=O) groups is 1. The minimum absolute atomic E-state index is 0.0291. The predicted molar refractivity (Wildman–Crippen MR) is 97.8 cm³/mol. The van der Waals surface area contributed by atoms with Crippen LogP contribution < -0.4 is 5.32 Å². The molecule has 0 aliphatic carbocycles. The van der Waals surface area contributed by atoms with Gasteiger partial charge in [-0.15, -0.1) is 0 Å². The topological polar surface area (TPSA) is 101 Å². The van der Waals surface area contributed by atoms with Gasteiger partial charge in [0.2, 0.25) is 0 Å². The number of amides is 1. The van der Waals surface area contributed by atoms with Gasteiger partial charge in [-0.3, -0.25) is 20.0 Å². The van der Waals surface area contributed by atoms with Crippen molar-refractivity contribution in [1.29, 1.82) is 0 Å². The Morgan fingerprint density at radius 1 is 1.24 bits per heavy atom.